The highest BCUT2D eigenvalue weighted by atomic mass is 16.2. The number of nitrogens with zero attached hydrogens (tertiary/aromatic N) is 2. The van der Waals surface area contributed by atoms with Gasteiger partial charge in [0.1, 0.15) is 0 Å². The predicted molar refractivity (Wildman–Crippen MR) is 61.5 cm³/mol. The van der Waals surface area contributed by atoms with E-state index in [9.17, 15) is 4.79 Å². The molecule has 0 unspecified atom stereocenters. The average molecular weight is 211 g/mol. The first kappa shape index (κ1) is 12.2. The van der Waals surface area contributed by atoms with Gasteiger partial charge in [-0.15, -0.1) is 0 Å². The van der Waals surface area contributed by atoms with Crippen LogP contribution in [0.4, 0.5) is 0 Å². The first-order valence-corrected chi connectivity index (χ1v) is 5.47. The summed E-state index contributed by atoms with van der Waals surface area (Å²) in [5, 5.41) is 0. The summed E-state index contributed by atoms with van der Waals surface area (Å²) in [6.07, 6.45) is 5.68. The smallest absolute Gasteiger partial charge is 0.246 e. The molecule has 1 fully saturated rings. The molecule has 0 aromatic heterocycles. The van der Waals surface area contributed by atoms with Crippen molar-refractivity contribution in [1.29, 1.82) is 0 Å². The monoisotopic (exact) mass is 211 g/mol. The molecule has 0 saturated carbocycles. The normalized spacial score (nSPS) is 21.9. The summed E-state index contributed by atoms with van der Waals surface area (Å²) in [6.45, 7) is 2.23. The predicted octanol–water partition coefficient (Wildman–Crippen LogP) is 0.0539. The van der Waals surface area contributed by atoms with Gasteiger partial charge in [-0.3, -0.25) is 4.79 Å². The maximum absolute atomic E-state index is 11.8. The Labute approximate surface area is 91.7 Å². The van der Waals surface area contributed by atoms with Crippen LogP contribution in [0.1, 0.15) is 12.8 Å². The van der Waals surface area contributed by atoms with E-state index in [2.05, 4.69) is 0 Å². The molecule has 1 saturated heterocycles. The van der Waals surface area contributed by atoms with Crippen molar-refractivity contribution in [2.45, 2.75) is 18.9 Å². The molecule has 1 atom stereocenters. The lowest BCUT2D eigenvalue weighted by Crippen LogP contribution is -2.39. The molecule has 1 rings (SSSR count). The Kier molecular flexibility index (Phi) is 4.78. The summed E-state index contributed by atoms with van der Waals surface area (Å²) in [5.74, 6) is 0.102. The fourth-order valence-electron chi connectivity index (χ4n) is 1.83. The van der Waals surface area contributed by atoms with E-state index in [1.165, 1.54) is 0 Å². The lowest BCUT2D eigenvalue weighted by Gasteiger charge is -2.21. The van der Waals surface area contributed by atoms with Gasteiger partial charge in [0, 0.05) is 31.8 Å². The van der Waals surface area contributed by atoms with Crippen molar-refractivity contribution in [3.05, 3.63) is 12.2 Å². The van der Waals surface area contributed by atoms with Gasteiger partial charge in [0.25, 0.3) is 0 Å². The van der Waals surface area contributed by atoms with Gasteiger partial charge in [-0.2, -0.15) is 0 Å². The van der Waals surface area contributed by atoms with Gasteiger partial charge in [0.15, 0.2) is 0 Å². The number of carbonyl (C=O) groups is 1. The second-order valence-electron chi connectivity index (χ2n) is 4.23. The van der Waals surface area contributed by atoms with E-state index in [1.807, 2.05) is 30.0 Å². The van der Waals surface area contributed by atoms with Crippen molar-refractivity contribution in [3.63, 3.8) is 0 Å². The third-order valence-corrected chi connectivity index (χ3v) is 2.66. The molecule has 0 bridgehead atoms. The molecule has 1 amide bonds. The van der Waals surface area contributed by atoms with Gasteiger partial charge in [-0.05, 0) is 26.9 Å². The Bertz CT molecular complexity index is 238. The second-order valence-corrected chi connectivity index (χ2v) is 4.23. The summed E-state index contributed by atoms with van der Waals surface area (Å²) in [7, 11) is 3.96. The van der Waals surface area contributed by atoms with Gasteiger partial charge in [0.2, 0.25) is 5.91 Å². The zero-order chi connectivity index (χ0) is 11.3. The molecule has 0 aliphatic carbocycles. The number of rotatable bonds is 4. The summed E-state index contributed by atoms with van der Waals surface area (Å²) < 4.78 is 0. The average Bonchev–Trinajstić information content (AvgIpc) is 2.64. The molecular weight excluding hydrogens is 190 g/mol. The Morgan fingerprint density at radius 3 is 2.93 bits per heavy atom. The van der Waals surface area contributed by atoms with Crippen molar-refractivity contribution in [2.24, 2.45) is 5.73 Å². The molecule has 0 radical (unpaired) electrons. The molecule has 0 spiro atoms. The number of nitrogens with two attached hydrogens (primary N) is 1. The SMILES string of the molecule is CN(C)C/C=C/C(=O)N1CCC[C@@H]1CN. The Morgan fingerprint density at radius 1 is 1.60 bits per heavy atom. The largest absolute Gasteiger partial charge is 0.335 e. The fraction of sp³-hybridized carbons (Fsp3) is 0.727. The van der Waals surface area contributed by atoms with Crippen LogP contribution < -0.4 is 5.73 Å². The van der Waals surface area contributed by atoms with E-state index < -0.39 is 0 Å². The molecule has 4 heteroatoms. The molecule has 0 aromatic carbocycles. The van der Waals surface area contributed by atoms with E-state index in [0.29, 0.717) is 6.54 Å². The van der Waals surface area contributed by atoms with Crippen LogP contribution in [-0.4, -0.2) is 55.5 Å². The molecule has 4 nitrogen and oxygen atoms in total. The van der Waals surface area contributed by atoms with Crippen LogP contribution in [0.3, 0.4) is 0 Å². The number of likely N-dealkylation sites (tertiary alicyclic amines) is 1. The maximum atomic E-state index is 11.8. The maximum Gasteiger partial charge on any atom is 0.246 e. The second kappa shape index (κ2) is 5.88. The first-order chi connectivity index (χ1) is 7.15. The van der Waals surface area contributed by atoms with Crippen molar-refractivity contribution < 1.29 is 4.79 Å². The summed E-state index contributed by atoms with van der Waals surface area (Å²) in [4.78, 5) is 15.7. The Balaban J connectivity index is 2.42. The molecule has 1 aliphatic rings. The van der Waals surface area contributed by atoms with Gasteiger partial charge in [0.05, 0.1) is 0 Å². The topological polar surface area (TPSA) is 49.6 Å². The van der Waals surface area contributed by atoms with E-state index in [4.69, 9.17) is 5.73 Å². The van der Waals surface area contributed by atoms with Crippen LogP contribution in [0.25, 0.3) is 0 Å². The van der Waals surface area contributed by atoms with Crippen LogP contribution in [-0.2, 0) is 4.79 Å². The minimum absolute atomic E-state index is 0.102. The van der Waals surface area contributed by atoms with E-state index in [0.717, 1.165) is 25.9 Å². The van der Waals surface area contributed by atoms with Gasteiger partial charge < -0.3 is 15.5 Å². The third kappa shape index (κ3) is 3.64. The third-order valence-electron chi connectivity index (χ3n) is 2.66. The minimum Gasteiger partial charge on any atom is -0.335 e. The van der Waals surface area contributed by atoms with Crippen molar-refractivity contribution in [2.75, 3.05) is 33.7 Å². The Hall–Kier alpha value is -0.870. The molecular formula is C11H21N3O. The number of likely N-dealkylation sites (N-methyl/N-ethyl adjacent to an activating group) is 1. The van der Waals surface area contributed by atoms with Crippen LogP contribution in [0.15, 0.2) is 12.2 Å². The molecule has 86 valence electrons. The molecule has 15 heavy (non-hydrogen) atoms. The highest BCUT2D eigenvalue weighted by molar-refractivity contribution is 5.88. The lowest BCUT2D eigenvalue weighted by molar-refractivity contribution is -0.126. The highest BCUT2D eigenvalue weighted by Crippen LogP contribution is 2.16. The molecule has 1 heterocycles. The van der Waals surface area contributed by atoms with Crippen LogP contribution >= 0.6 is 0 Å². The van der Waals surface area contributed by atoms with Crippen molar-refractivity contribution >= 4 is 5.91 Å². The number of hydrogen-bond acceptors (Lipinski definition) is 3. The highest BCUT2D eigenvalue weighted by Gasteiger charge is 2.25. The zero-order valence-corrected chi connectivity index (χ0v) is 9.65. The fourth-order valence-corrected chi connectivity index (χ4v) is 1.83. The minimum atomic E-state index is 0.102. The lowest BCUT2D eigenvalue weighted by atomic mass is 10.2. The van der Waals surface area contributed by atoms with Crippen LogP contribution in [0.5, 0.6) is 0 Å². The Morgan fingerprint density at radius 2 is 2.33 bits per heavy atom. The number of amides is 1. The van der Waals surface area contributed by atoms with Crippen molar-refractivity contribution in [1.82, 2.24) is 9.80 Å². The molecule has 1 aliphatic heterocycles. The summed E-state index contributed by atoms with van der Waals surface area (Å²) >= 11 is 0. The van der Waals surface area contributed by atoms with Crippen LogP contribution in [0.2, 0.25) is 0 Å². The van der Waals surface area contributed by atoms with Crippen LogP contribution in [0, 0.1) is 0 Å². The zero-order valence-electron chi connectivity index (χ0n) is 9.65. The van der Waals surface area contributed by atoms with E-state index in [-0.39, 0.29) is 11.9 Å². The number of carbonyl (C=O) groups excluding carboxylic acids is 1. The molecule has 0 aromatic rings. The summed E-state index contributed by atoms with van der Waals surface area (Å²) in [6, 6.07) is 0.251. The van der Waals surface area contributed by atoms with E-state index in [1.54, 1.807) is 6.08 Å². The summed E-state index contributed by atoms with van der Waals surface area (Å²) in [5.41, 5.74) is 5.61. The van der Waals surface area contributed by atoms with Gasteiger partial charge >= 0.3 is 0 Å². The first-order valence-electron chi connectivity index (χ1n) is 5.47. The van der Waals surface area contributed by atoms with Gasteiger partial charge in [-0.1, -0.05) is 6.08 Å². The quantitative estimate of drug-likeness (QED) is 0.669. The van der Waals surface area contributed by atoms with Crippen molar-refractivity contribution in [3.8, 4) is 0 Å². The standard InChI is InChI=1S/C11H21N3O/c1-13(2)7-4-6-11(15)14-8-3-5-10(14)9-12/h4,6,10H,3,5,7-9,12H2,1-2H3/b6-4+/t10-/m1/s1. The number of hydrogen-bond donors (Lipinski definition) is 1. The molecule has 2 N–H and O–H groups in total. The van der Waals surface area contributed by atoms with Gasteiger partial charge in [-0.25, -0.2) is 0 Å². The van der Waals surface area contributed by atoms with E-state index >= 15 is 0 Å².